The molecule has 7 aromatic carbocycles. The molecule has 0 saturated carbocycles. The molecule has 0 unspecified atom stereocenters. The highest BCUT2D eigenvalue weighted by molar-refractivity contribution is 7.86. The van der Waals surface area contributed by atoms with Gasteiger partial charge in [0, 0.05) is 22.8 Å². The van der Waals surface area contributed by atoms with E-state index in [2.05, 4.69) is 51.4 Å². The van der Waals surface area contributed by atoms with Crippen LogP contribution in [0.4, 0.5) is 57.7 Å². The standard InChI is InChI=1S/C45H38N10O13S3/c1-23-14-26-18-30(70(61,62)63)21-35(40(26)36(56)15-23)54-52-32-22-38(68-4)33(16-24(32)2)48-45-50-43(46-27-8-6-5-7-9-27)49-44(51-45)47-28-10-12-31-25(17-28)19-39(71(64,65)66)41(42(31)57)55-53-34-20-29(69(58,59)60)11-13-37(34)67-3/h5-22,56-57H,1-4H3,(H,58,59,60)(H,61,62,63)(H,64,65,66)(H3,46,47,48,49,50,51). The number of aryl methyl sites for hydroxylation is 2. The molecule has 0 fully saturated rings. The first-order valence-electron chi connectivity index (χ1n) is 20.4. The monoisotopic (exact) mass is 1020 g/mol. The van der Waals surface area contributed by atoms with Gasteiger partial charge in [-0.1, -0.05) is 24.3 Å². The number of nitrogens with one attached hydrogen (secondary N) is 3. The van der Waals surface area contributed by atoms with Crippen molar-refractivity contribution >= 4 is 110 Å². The van der Waals surface area contributed by atoms with Crippen LogP contribution < -0.4 is 25.4 Å². The van der Waals surface area contributed by atoms with E-state index in [0.29, 0.717) is 27.9 Å². The number of hydrogen-bond donors (Lipinski definition) is 8. The van der Waals surface area contributed by atoms with Gasteiger partial charge in [0.25, 0.3) is 30.4 Å². The van der Waals surface area contributed by atoms with Crippen LogP contribution in [0.25, 0.3) is 21.5 Å². The molecule has 364 valence electrons. The van der Waals surface area contributed by atoms with Crippen LogP contribution in [-0.2, 0) is 30.4 Å². The number of aromatic nitrogens is 3. The number of anilines is 6. The molecule has 8 aromatic rings. The van der Waals surface area contributed by atoms with E-state index in [9.17, 15) is 49.1 Å². The fourth-order valence-corrected chi connectivity index (χ4v) is 8.85. The molecule has 0 aliphatic heterocycles. The van der Waals surface area contributed by atoms with Gasteiger partial charge in [-0.25, -0.2) is 0 Å². The predicted octanol–water partition coefficient (Wildman–Crippen LogP) is 10.0. The number of hydrogen-bond acceptors (Lipinski definition) is 20. The number of aromatic hydroxyl groups is 2. The van der Waals surface area contributed by atoms with E-state index in [1.807, 2.05) is 6.07 Å². The molecule has 8 N–H and O–H groups in total. The Morgan fingerprint density at radius 3 is 1.80 bits per heavy atom. The first-order valence-corrected chi connectivity index (χ1v) is 24.7. The van der Waals surface area contributed by atoms with Gasteiger partial charge in [-0.15, -0.1) is 15.3 Å². The number of rotatable bonds is 15. The minimum Gasteiger partial charge on any atom is -0.507 e. The van der Waals surface area contributed by atoms with Crippen LogP contribution in [0, 0.1) is 13.8 Å². The summed E-state index contributed by atoms with van der Waals surface area (Å²) in [6, 6.07) is 26.1. The Kier molecular flexibility index (Phi) is 13.2. The van der Waals surface area contributed by atoms with Crippen molar-refractivity contribution in [2.45, 2.75) is 28.5 Å². The summed E-state index contributed by atoms with van der Waals surface area (Å²) < 4.78 is 114. The summed E-state index contributed by atoms with van der Waals surface area (Å²) in [6.45, 7) is 3.43. The number of fused-ring (bicyclic) bond motifs is 2. The van der Waals surface area contributed by atoms with Crippen LogP contribution in [0.15, 0.2) is 144 Å². The molecule has 0 aliphatic carbocycles. The van der Waals surface area contributed by atoms with E-state index in [4.69, 9.17) is 9.47 Å². The van der Waals surface area contributed by atoms with Crippen molar-refractivity contribution in [1.82, 2.24) is 15.0 Å². The first kappa shape index (κ1) is 49.0. The minimum atomic E-state index is -5.10. The van der Waals surface area contributed by atoms with Crippen molar-refractivity contribution in [1.29, 1.82) is 0 Å². The van der Waals surface area contributed by atoms with Crippen molar-refractivity contribution in [2.24, 2.45) is 20.5 Å². The number of benzene rings is 7. The second kappa shape index (κ2) is 19.2. The van der Waals surface area contributed by atoms with Crippen molar-refractivity contribution < 1.29 is 58.6 Å². The number of ether oxygens (including phenoxy) is 2. The first-order chi connectivity index (χ1) is 33.6. The van der Waals surface area contributed by atoms with E-state index >= 15 is 0 Å². The number of phenols is 2. The quantitative estimate of drug-likeness (QED) is 0.0349. The third kappa shape index (κ3) is 10.9. The second-order valence-electron chi connectivity index (χ2n) is 15.4. The smallest absolute Gasteiger partial charge is 0.296 e. The molecule has 0 aliphatic rings. The fourth-order valence-electron chi connectivity index (χ4n) is 7.16. The van der Waals surface area contributed by atoms with Gasteiger partial charge in [-0.05, 0) is 115 Å². The van der Waals surface area contributed by atoms with Gasteiger partial charge < -0.3 is 35.6 Å². The highest BCUT2D eigenvalue weighted by atomic mass is 32.2. The van der Waals surface area contributed by atoms with Crippen LogP contribution in [0.5, 0.6) is 23.0 Å². The van der Waals surface area contributed by atoms with Gasteiger partial charge in [-0.3, -0.25) is 13.7 Å². The fraction of sp³-hybridized carbons (Fsp3) is 0.0889. The molecule has 0 saturated heterocycles. The maximum atomic E-state index is 12.7. The summed E-state index contributed by atoms with van der Waals surface area (Å²) >= 11 is 0. The van der Waals surface area contributed by atoms with Gasteiger partial charge in [0.05, 0.1) is 46.5 Å². The summed E-state index contributed by atoms with van der Waals surface area (Å²) in [5, 5.41) is 48.4. The Hall–Kier alpha value is -8.40. The zero-order valence-corrected chi connectivity index (χ0v) is 39.7. The SMILES string of the molecule is COc1ccc(S(=O)(=O)O)cc1N=Nc1c(S(=O)(=O)O)cc2cc(Nc3nc(Nc4ccccc4)nc(Nc4cc(C)c(N=Nc5cc(S(=O)(=O)O)cc6cc(C)cc(O)c56)cc4OC)n3)ccc2c1O. The van der Waals surface area contributed by atoms with Crippen molar-refractivity contribution in [3.8, 4) is 23.0 Å². The molecule has 26 heteroatoms. The van der Waals surface area contributed by atoms with Crippen LogP contribution in [0.2, 0.25) is 0 Å². The molecule has 0 atom stereocenters. The molecular weight excluding hydrogens is 985 g/mol. The van der Waals surface area contributed by atoms with Gasteiger partial charge in [0.2, 0.25) is 17.8 Å². The second-order valence-corrected chi connectivity index (χ2v) is 19.6. The van der Waals surface area contributed by atoms with E-state index in [0.717, 1.165) is 24.3 Å². The maximum absolute atomic E-state index is 12.7. The van der Waals surface area contributed by atoms with E-state index in [1.165, 1.54) is 50.6 Å². The summed E-state index contributed by atoms with van der Waals surface area (Å²) in [5.41, 5.74) is 1.72. The molecule has 71 heavy (non-hydrogen) atoms. The summed E-state index contributed by atoms with van der Waals surface area (Å²) in [5.74, 6) is -0.656. The molecule has 23 nitrogen and oxygen atoms in total. The summed E-state index contributed by atoms with van der Waals surface area (Å²) in [6.07, 6.45) is 0. The van der Waals surface area contributed by atoms with Crippen molar-refractivity contribution in [3.05, 3.63) is 120 Å². The number of azo groups is 2. The molecule has 1 heterocycles. The Labute approximate surface area is 403 Å². The molecule has 0 amide bonds. The Morgan fingerprint density at radius 2 is 1.15 bits per heavy atom. The summed E-state index contributed by atoms with van der Waals surface area (Å²) in [4.78, 5) is 11.7. The Balaban J connectivity index is 1.14. The average molecular weight is 1020 g/mol. The van der Waals surface area contributed by atoms with E-state index < -0.39 is 56.5 Å². The zero-order chi connectivity index (χ0) is 51.0. The normalized spacial score (nSPS) is 12.2. The van der Waals surface area contributed by atoms with Gasteiger partial charge in [0.1, 0.15) is 33.5 Å². The lowest BCUT2D eigenvalue weighted by Crippen LogP contribution is -2.08. The minimum absolute atomic E-state index is 0.00636. The lowest BCUT2D eigenvalue weighted by atomic mass is 10.0. The highest BCUT2D eigenvalue weighted by Crippen LogP contribution is 2.44. The number of phenolic OH excluding ortho intramolecular Hbond substituents is 2. The third-order valence-electron chi connectivity index (χ3n) is 10.4. The Morgan fingerprint density at radius 1 is 0.535 bits per heavy atom. The van der Waals surface area contributed by atoms with Gasteiger partial charge >= 0.3 is 0 Å². The Bertz CT molecular complexity index is 3860. The molecule has 0 bridgehead atoms. The molecule has 0 spiro atoms. The van der Waals surface area contributed by atoms with Crippen molar-refractivity contribution in [2.75, 3.05) is 30.2 Å². The van der Waals surface area contributed by atoms with Gasteiger partial charge in [0.15, 0.2) is 5.75 Å². The number of para-hydroxylation sites is 1. The summed E-state index contributed by atoms with van der Waals surface area (Å²) in [7, 11) is -11.8. The highest BCUT2D eigenvalue weighted by Gasteiger charge is 2.24. The number of methoxy groups -OCH3 is 2. The lowest BCUT2D eigenvalue weighted by Gasteiger charge is -2.15. The maximum Gasteiger partial charge on any atom is 0.296 e. The largest absolute Gasteiger partial charge is 0.507 e. The number of nitrogens with zero attached hydrogens (tertiary/aromatic N) is 7. The van der Waals surface area contributed by atoms with Crippen LogP contribution in [-0.4, -0.2) is 78.3 Å². The molecule has 8 rings (SSSR count). The van der Waals surface area contributed by atoms with Crippen molar-refractivity contribution in [3.63, 3.8) is 0 Å². The molecule has 0 radical (unpaired) electrons. The third-order valence-corrected chi connectivity index (χ3v) is 13.0. The van der Waals surface area contributed by atoms with Gasteiger partial charge in [-0.2, -0.15) is 45.3 Å². The average Bonchev–Trinajstić information content (AvgIpc) is 3.29. The van der Waals surface area contributed by atoms with Crippen LogP contribution in [0.1, 0.15) is 11.1 Å². The lowest BCUT2D eigenvalue weighted by molar-refractivity contribution is 0.415. The van der Waals surface area contributed by atoms with Crippen LogP contribution in [0.3, 0.4) is 0 Å². The van der Waals surface area contributed by atoms with Crippen LogP contribution >= 0.6 is 0 Å². The van der Waals surface area contributed by atoms with E-state index in [-0.39, 0.29) is 74.0 Å². The topological polar surface area (TPSA) is 346 Å². The predicted molar refractivity (Wildman–Crippen MR) is 261 cm³/mol. The molecular formula is C45H38N10O13S3. The molecule has 1 aromatic heterocycles. The zero-order valence-electron chi connectivity index (χ0n) is 37.2. The van der Waals surface area contributed by atoms with E-state index in [1.54, 1.807) is 56.3 Å².